The Bertz CT molecular complexity index is 718. The highest BCUT2D eigenvalue weighted by molar-refractivity contribution is 6.30. The van der Waals surface area contributed by atoms with Crippen molar-refractivity contribution in [2.75, 3.05) is 0 Å². The van der Waals surface area contributed by atoms with E-state index >= 15 is 0 Å². The van der Waals surface area contributed by atoms with Crippen LogP contribution in [0.3, 0.4) is 0 Å². The minimum absolute atomic E-state index is 0.254. The number of hydrogen-bond donors (Lipinski definition) is 2. The zero-order valence-corrected chi connectivity index (χ0v) is 10.0. The summed E-state index contributed by atoms with van der Waals surface area (Å²) >= 11 is 6.01. The topological polar surface area (TPSA) is 48.9 Å². The lowest BCUT2D eigenvalue weighted by molar-refractivity contribution is 0.476. The Balaban J connectivity index is 2.52. The summed E-state index contributed by atoms with van der Waals surface area (Å²) in [6.07, 6.45) is 0.815. The van der Waals surface area contributed by atoms with Gasteiger partial charge in [-0.15, -0.1) is 0 Å². The van der Waals surface area contributed by atoms with E-state index in [1.54, 1.807) is 12.1 Å². The van der Waals surface area contributed by atoms with Crippen LogP contribution in [0, 0.1) is 0 Å². The van der Waals surface area contributed by atoms with Crippen molar-refractivity contribution < 1.29 is 5.11 Å². The van der Waals surface area contributed by atoms with E-state index in [1.807, 2.05) is 19.1 Å². The third-order valence-corrected chi connectivity index (χ3v) is 3.14. The van der Waals surface area contributed by atoms with E-state index in [4.69, 9.17) is 11.6 Å². The van der Waals surface area contributed by atoms with Crippen molar-refractivity contribution in [3.8, 4) is 5.75 Å². The highest BCUT2D eigenvalue weighted by atomic mass is 35.5. The first-order valence-corrected chi connectivity index (χ1v) is 5.86. The van der Waals surface area contributed by atoms with Crippen molar-refractivity contribution in [3.05, 3.63) is 35.1 Å². The molecule has 0 aliphatic rings. The fourth-order valence-corrected chi connectivity index (χ4v) is 2.38. The molecule has 0 bridgehead atoms. The molecule has 2 aromatic heterocycles. The van der Waals surface area contributed by atoms with Gasteiger partial charge in [0.15, 0.2) is 0 Å². The number of aromatic amines is 1. The summed E-state index contributed by atoms with van der Waals surface area (Å²) in [5.41, 5.74) is 2.93. The van der Waals surface area contributed by atoms with Crippen LogP contribution in [-0.2, 0) is 6.42 Å². The second-order valence-electron chi connectivity index (χ2n) is 4.02. The van der Waals surface area contributed by atoms with Gasteiger partial charge in [0.1, 0.15) is 10.9 Å². The molecule has 3 rings (SSSR count). The molecule has 2 N–H and O–H groups in total. The van der Waals surface area contributed by atoms with Crippen LogP contribution in [0.4, 0.5) is 0 Å². The van der Waals surface area contributed by atoms with E-state index in [-0.39, 0.29) is 5.75 Å². The molecular weight excluding hydrogens is 236 g/mol. The van der Waals surface area contributed by atoms with Gasteiger partial charge >= 0.3 is 0 Å². The molecule has 0 saturated carbocycles. The molecule has 0 saturated heterocycles. The number of fused-ring (bicyclic) bond motifs is 3. The van der Waals surface area contributed by atoms with Gasteiger partial charge in [-0.05, 0) is 30.7 Å². The normalized spacial score (nSPS) is 11.4. The van der Waals surface area contributed by atoms with E-state index in [2.05, 4.69) is 9.97 Å². The van der Waals surface area contributed by atoms with Crippen LogP contribution in [0.25, 0.3) is 21.8 Å². The summed E-state index contributed by atoms with van der Waals surface area (Å²) in [7, 11) is 0. The monoisotopic (exact) mass is 246 g/mol. The van der Waals surface area contributed by atoms with Crippen LogP contribution in [0.5, 0.6) is 5.75 Å². The maximum Gasteiger partial charge on any atom is 0.130 e. The fraction of sp³-hybridized carbons (Fsp3) is 0.154. The Morgan fingerprint density at radius 2 is 2.12 bits per heavy atom. The molecule has 0 amide bonds. The zero-order chi connectivity index (χ0) is 12.0. The standard InChI is InChI=1S/C13H11ClN2O/c1-2-10-13-9(6-12(14)15-10)8-5-7(17)3-4-11(8)16-13/h3-6,16-17H,2H2,1H3. The number of hydrogen-bond acceptors (Lipinski definition) is 2. The average molecular weight is 247 g/mol. The van der Waals surface area contributed by atoms with Crippen molar-refractivity contribution in [3.63, 3.8) is 0 Å². The molecule has 0 aliphatic carbocycles. The van der Waals surface area contributed by atoms with Gasteiger partial charge in [0.25, 0.3) is 0 Å². The number of pyridine rings is 1. The maximum atomic E-state index is 9.54. The first kappa shape index (κ1) is 10.4. The molecule has 1 aromatic carbocycles. The van der Waals surface area contributed by atoms with E-state index < -0.39 is 0 Å². The van der Waals surface area contributed by atoms with Gasteiger partial charge in [0.2, 0.25) is 0 Å². The molecule has 0 atom stereocenters. The van der Waals surface area contributed by atoms with E-state index in [1.165, 1.54) is 0 Å². The van der Waals surface area contributed by atoms with Crippen LogP contribution in [0.15, 0.2) is 24.3 Å². The number of phenolic OH excluding ortho intramolecular Hbond substituents is 1. The molecule has 0 aliphatic heterocycles. The Morgan fingerprint density at radius 1 is 1.29 bits per heavy atom. The second-order valence-corrected chi connectivity index (χ2v) is 4.41. The van der Waals surface area contributed by atoms with Crippen LogP contribution in [0.2, 0.25) is 5.15 Å². The number of aromatic hydroxyl groups is 1. The zero-order valence-electron chi connectivity index (χ0n) is 9.29. The van der Waals surface area contributed by atoms with E-state index in [0.29, 0.717) is 5.15 Å². The average Bonchev–Trinajstić information content (AvgIpc) is 2.66. The Morgan fingerprint density at radius 3 is 2.88 bits per heavy atom. The SMILES string of the molecule is CCc1nc(Cl)cc2c1[nH]c1ccc(O)cc12. The largest absolute Gasteiger partial charge is 0.508 e. The van der Waals surface area contributed by atoms with Crippen molar-refractivity contribution >= 4 is 33.4 Å². The third kappa shape index (κ3) is 1.54. The van der Waals surface area contributed by atoms with Crippen molar-refractivity contribution in [2.24, 2.45) is 0 Å². The predicted octanol–water partition coefficient (Wildman–Crippen LogP) is 3.64. The number of nitrogens with one attached hydrogen (secondary N) is 1. The fourth-order valence-electron chi connectivity index (χ4n) is 2.17. The summed E-state index contributed by atoms with van der Waals surface area (Å²) < 4.78 is 0. The highest BCUT2D eigenvalue weighted by Gasteiger charge is 2.10. The highest BCUT2D eigenvalue weighted by Crippen LogP contribution is 2.31. The number of H-pyrrole nitrogens is 1. The molecule has 0 fully saturated rings. The van der Waals surface area contributed by atoms with Gasteiger partial charge in [-0.25, -0.2) is 4.98 Å². The lowest BCUT2D eigenvalue weighted by Crippen LogP contribution is -1.88. The molecule has 2 heterocycles. The number of benzene rings is 1. The summed E-state index contributed by atoms with van der Waals surface area (Å²) in [4.78, 5) is 7.63. The summed E-state index contributed by atoms with van der Waals surface area (Å²) in [6, 6.07) is 7.09. The van der Waals surface area contributed by atoms with Crippen LogP contribution >= 0.6 is 11.6 Å². The van der Waals surface area contributed by atoms with Gasteiger partial charge in [-0.2, -0.15) is 0 Å². The van der Waals surface area contributed by atoms with E-state index in [9.17, 15) is 5.11 Å². The minimum Gasteiger partial charge on any atom is -0.508 e. The maximum absolute atomic E-state index is 9.54. The summed E-state index contributed by atoms with van der Waals surface area (Å²) in [5, 5.41) is 12.0. The smallest absolute Gasteiger partial charge is 0.130 e. The van der Waals surface area contributed by atoms with Crippen molar-refractivity contribution in [2.45, 2.75) is 13.3 Å². The van der Waals surface area contributed by atoms with Crippen LogP contribution in [0.1, 0.15) is 12.6 Å². The Hall–Kier alpha value is -1.74. The Labute approximate surface area is 103 Å². The van der Waals surface area contributed by atoms with Crippen LogP contribution in [-0.4, -0.2) is 15.1 Å². The number of nitrogens with zero attached hydrogens (tertiary/aromatic N) is 1. The number of aryl methyl sites for hydroxylation is 1. The van der Waals surface area contributed by atoms with Gasteiger partial charge < -0.3 is 10.1 Å². The Kier molecular flexibility index (Phi) is 2.23. The van der Waals surface area contributed by atoms with Gasteiger partial charge in [0, 0.05) is 16.3 Å². The lowest BCUT2D eigenvalue weighted by atomic mass is 10.1. The first-order chi connectivity index (χ1) is 8.19. The van der Waals surface area contributed by atoms with Gasteiger partial charge in [-0.3, -0.25) is 0 Å². The quantitative estimate of drug-likeness (QED) is 0.644. The minimum atomic E-state index is 0.254. The predicted molar refractivity (Wildman–Crippen MR) is 69.7 cm³/mol. The molecule has 86 valence electrons. The number of rotatable bonds is 1. The lowest BCUT2D eigenvalue weighted by Gasteiger charge is -1.99. The number of aromatic nitrogens is 2. The molecular formula is C13H11ClN2O. The second kappa shape index (κ2) is 3.64. The van der Waals surface area contributed by atoms with Crippen molar-refractivity contribution in [1.82, 2.24) is 9.97 Å². The molecule has 3 nitrogen and oxygen atoms in total. The first-order valence-electron chi connectivity index (χ1n) is 5.49. The van der Waals surface area contributed by atoms with Crippen molar-refractivity contribution in [1.29, 1.82) is 0 Å². The van der Waals surface area contributed by atoms with Gasteiger partial charge in [0.05, 0.1) is 11.2 Å². The summed E-state index contributed by atoms with van der Waals surface area (Å²) in [5.74, 6) is 0.254. The number of halogens is 1. The van der Waals surface area contributed by atoms with Crippen LogP contribution < -0.4 is 0 Å². The third-order valence-electron chi connectivity index (χ3n) is 2.95. The summed E-state index contributed by atoms with van der Waals surface area (Å²) in [6.45, 7) is 2.04. The van der Waals surface area contributed by atoms with Gasteiger partial charge in [-0.1, -0.05) is 18.5 Å². The molecule has 0 radical (unpaired) electrons. The molecule has 0 spiro atoms. The molecule has 4 heteroatoms. The molecule has 0 unspecified atom stereocenters. The van der Waals surface area contributed by atoms with E-state index in [0.717, 1.165) is 33.9 Å². The molecule has 3 aromatic rings. The number of phenols is 1. The molecule has 17 heavy (non-hydrogen) atoms.